The van der Waals surface area contributed by atoms with Crippen LogP contribution in [-0.2, 0) is 0 Å². The van der Waals surface area contributed by atoms with Crippen LogP contribution in [0.3, 0.4) is 0 Å². The quantitative estimate of drug-likeness (QED) is 0.743. The van der Waals surface area contributed by atoms with Crippen LogP contribution in [0.25, 0.3) is 0 Å². The molecule has 0 atom stereocenters. The normalized spacial score (nSPS) is 9.73. The van der Waals surface area contributed by atoms with Gasteiger partial charge in [-0.3, -0.25) is 0 Å². The van der Waals surface area contributed by atoms with Gasteiger partial charge in [0.15, 0.2) is 0 Å². The van der Waals surface area contributed by atoms with E-state index >= 15 is 0 Å². The first-order chi connectivity index (χ1) is 7.22. The third kappa shape index (κ3) is 4.42. The fraction of sp³-hybridized carbons (Fsp3) is 0.385. The molecule has 0 saturated carbocycles. The van der Waals surface area contributed by atoms with E-state index in [-0.39, 0.29) is 0 Å². The summed E-state index contributed by atoms with van der Waals surface area (Å²) in [6.07, 6.45) is 5.17. The number of ether oxygens (including phenoxy) is 1. The number of terminal acetylenes is 1. The van der Waals surface area contributed by atoms with Gasteiger partial charge < -0.3 is 10.1 Å². The Morgan fingerprint density at radius 2 is 2.27 bits per heavy atom. The SMILES string of the molecule is C#CCNc1cccc(OCC(C)C)c1. The first-order valence-corrected chi connectivity index (χ1v) is 5.12. The highest BCUT2D eigenvalue weighted by atomic mass is 16.5. The number of hydrogen-bond acceptors (Lipinski definition) is 2. The van der Waals surface area contributed by atoms with Crippen LogP contribution in [0.15, 0.2) is 24.3 Å². The summed E-state index contributed by atoms with van der Waals surface area (Å²) in [6.45, 7) is 5.52. The molecule has 80 valence electrons. The number of rotatable bonds is 5. The smallest absolute Gasteiger partial charge is 0.121 e. The maximum absolute atomic E-state index is 5.60. The summed E-state index contributed by atoms with van der Waals surface area (Å²) in [4.78, 5) is 0. The molecule has 0 heterocycles. The van der Waals surface area contributed by atoms with Gasteiger partial charge in [0.25, 0.3) is 0 Å². The van der Waals surface area contributed by atoms with E-state index in [1.165, 1.54) is 0 Å². The van der Waals surface area contributed by atoms with Crippen molar-refractivity contribution in [1.82, 2.24) is 0 Å². The van der Waals surface area contributed by atoms with E-state index in [1.807, 2.05) is 24.3 Å². The minimum Gasteiger partial charge on any atom is -0.493 e. The zero-order chi connectivity index (χ0) is 11.1. The fourth-order valence-electron chi connectivity index (χ4n) is 1.11. The monoisotopic (exact) mass is 203 g/mol. The van der Waals surface area contributed by atoms with E-state index < -0.39 is 0 Å². The van der Waals surface area contributed by atoms with E-state index in [2.05, 4.69) is 25.1 Å². The van der Waals surface area contributed by atoms with Gasteiger partial charge in [0, 0.05) is 11.8 Å². The van der Waals surface area contributed by atoms with Gasteiger partial charge in [0.1, 0.15) is 5.75 Å². The van der Waals surface area contributed by atoms with Crippen LogP contribution in [-0.4, -0.2) is 13.2 Å². The van der Waals surface area contributed by atoms with Gasteiger partial charge in [0.05, 0.1) is 13.2 Å². The maximum Gasteiger partial charge on any atom is 0.121 e. The summed E-state index contributed by atoms with van der Waals surface area (Å²) in [7, 11) is 0. The Labute approximate surface area is 91.6 Å². The Bertz CT molecular complexity index is 339. The molecule has 0 aliphatic carbocycles. The van der Waals surface area contributed by atoms with E-state index in [9.17, 15) is 0 Å². The largest absolute Gasteiger partial charge is 0.493 e. The van der Waals surface area contributed by atoms with Gasteiger partial charge in [-0.1, -0.05) is 25.8 Å². The predicted molar refractivity (Wildman–Crippen MR) is 64.1 cm³/mol. The van der Waals surface area contributed by atoms with Crippen molar-refractivity contribution in [2.24, 2.45) is 5.92 Å². The molecule has 0 saturated heterocycles. The molecule has 0 fully saturated rings. The molecule has 0 spiro atoms. The summed E-state index contributed by atoms with van der Waals surface area (Å²) in [6, 6.07) is 7.83. The number of benzene rings is 1. The van der Waals surface area contributed by atoms with E-state index in [0.717, 1.165) is 18.0 Å². The molecule has 15 heavy (non-hydrogen) atoms. The van der Waals surface area contributed by atoms with Crippen molar-refractivity contribution in [1.29, 1.82) is 0 Å². The molecular weight excluding hydrogens is 186 g/mol. The fourth-order valence-corrected chi connectivity index (χ4v) is 1.11. The average Bonchev–Trinajstić information content (AvgIpc) is 2.24. The van der Waals surface area contributed by atoms with Gasteiger partial charge in [-0.25, -0.2) is 0 Å². The van der Waals surface area contributed by atoms with Crippen LogP contribution >= 0.6 is 0 Å². The second-order valence-corrected chi connectivity index (χ2v) is 3.79. The second-order valence-electron chi connectivity index (χ2n) is 3.79. The number of hydrogen-bond donors (Lipinski definition) is 1. The molecule has 0 aliphatic heterocycles. The lowest BCUT2D eigenvalue weighted by atomic mass is 10.2. The highest BCUT2D eigenvalue weighted by molar-refractivity contribution is 5.48. The Kier molecular flexibility index (Phi) is 4.56. The van der Waals surface area contributed by atoms with E-state index in [1.54, 1.807) is 0 Å². The highest BCUT2D eigenvalue weighted by Gasteiger charge is 1.98. The average molecular weight is 203 g/mol. The van der Waals surface area contributed by atoms with Crippen molar-refractivity contribution in [3.63, 3.8) is 0 Å². The molecule has 0 radical (unpaired) electrons. The van der Waals surface area contributed by atoms with Crippen molar-refractivity contribution in [2.45, 2.75) is 13.8 Å². The first kappa shape index (κ1) is 11.5. The van der Waals surface area contributed by atoms with Gasteiger partial charge in [-0.2, -0.15) is 0 Å². The van der Waals surface area contributed by atoms with Gasteiger partial charge in [-0.05, 0) is 18.1 Å². The predicted octanol–water partition coefficient (Wildman–Crippen LogP) is 2.77. The summed E-state index contributed by atoms with van der Waals surface area (Å²) >= 11 is 0. The molecule has 1 N–H and O–H groups in total. The summed E-state index contributed by atoms with van der Waals surface area (Å²) in [5.41, 5.74) is 0.995. The molecule has 1 rings (SSSR count). The summed E-state index contributed by atoms with van der Waals surface area (Å²) < 4.78 is 5.60. The third-order valence-electron chi connectivity index (χ3n) is 1.81. The molecule has 0 unspecified atom stereocenters. The lowest BCUT2D eigenvalue weighted by Gasteiger charge is -2.10. The van der Waals surface area contributed by atoms with E-state index in [4.69, 9.17) is 11.2 Å². The van der Waals surface area contributed by atoms with Crippen LogP contribution in [0, 0.1) is 18.3 Å². The minimum atomic E-state index is 0.535. The Morgan fingerprint density at radius 3 is 2.93 bits per heavy atom. The van der Waals surface area contributed by atoms with Crippen LogP contribution in [0.2, 0.25) is 0 Å². The van der Waals surface area contributed by atoms with Crippen LogP contribution in [0.4, 0.5) is 5.69 Å². The third-order valence-corrected chi connectivity index (χ3v) is 1.81. The van der Waals surface area contributed by atoms with Crippen molar-refractivity contribution in [2.75, 3.05) is 18.5 Å². The topological polar surface area (TPSA) is 21.3 Å². The molecule has 0 aliphatic rings. The van der Waals surface area contributed by atoms with E-state index in [0.29, 0.717) is 12.5 Å². The van der Waals surface area contributed by atoms with Crippen molar-refractivity contribution >= 4 is 5.69 Å². The van der Waals surface area contributed by atoms with Crippen LogP contribution in [0.1, 0.15) is 13.8 Å². The Balaban J connectivity index is 2.54. The molecule has 0 aromatic heterocycles. The number of nitrogens with one attached hydrogen (secondary N) is 1. The lowest BCUT2D eigenvalue weighted by molar-refractivity contribution is 0.271. The zero-order valence-electron chi connectivity index (χ0n) is 9.29. The van der Waals surface area contributed by atoms with Gasteiger partial charge in [0.2, 0.25) is 0 Å². The van der Waals surface area contributed by atoms with Crippen molar-refractivity contribution in [3.8, 4) is 18.1 Å². The number of anilines is 1. The minimum absolute atomic E-state index is 0.535. The zero-order valence-corrected chi connectivity index (χ0v) is 9.29. The first-order valence-electron chi connectivity index (χ1n) is 5.12. The van der Waals surface area contributed by atoms with Crippen LogP contribution < -0.4 is 10.1 Å². The standard InChI is InChI=1S/C13H17NO/c1-4-8-14-12-6-5-7-13(9-12)15-10-11(2)3/h1,5-7,9,11,14H,8,10H2,2-3H3. The molecule has 0 bridgehead atoms. The van der Waals surface area contributed by atoms with Gasteiger partial charge >= 0.3 is 0 Å². The van der Waals surface area contributed by atoms with Gasteiger partial charge in [-0.15, -0.1) is 6.42 Å². The summed E-state index contributed by atoms with van der Waals surface area (Å²) in [5.74, 6) is 3.95. The highest BCUT2D eigenvalue weighted by Crippen LogP contribution is 2.17. The summed E-state index contributed by atoms with van der Waals surface area (Å²) in [5, 5.41) is 3.11. The second kappa shape index (κ2) is 5.98. The molecule has 2 nitrogen and oxygen atoms in total. The molecule has 1 aromatic rings. The lowest BCUT2D eigenvalue weighted by Crippen LogP contribution is -2.05. The van der Waals surface area contributed by atoms with Crippen molar-refractivity contribution in [3.05, 3.63) is 24.3 Å². The molecular formula is C13H17NO. The van der Waals surface area contributed by atoms with Crippen molar-refractivity contribution < 1.29 is 4.74 Å². The Hall–Kier alpha value is -1.62. The maximum atomic E-state index is 5.60. The molecule has 1 aromatic carbocycles. The molecule has 0 amide bonds. The molecule has 2 heteroatoms. The van der Waals surface area contributed by atoms with Crippen LogP contribution in [0.5, 0.6) is 5.75 Å². The Morgan fingerprint density at radius 1 is 1.47 bits per heavy atom.